The number of rotatable bonds is 3. The average molecular weight is 194 g/mol. The molecule has 2 rings (SSSR count). The predicted octanol–water partition coefficient (Wildman–Crippen LogP) is 2.32. The van der Waals surface area contributed by atoms with Crippen LogP contribution in [0, 0.1) is 0 Å². The van der Waals surface area contributed by atoms with Gasteiger partial charge in [-0.2, -0.15) is 5.10 Å². The SMILES string of the molecule is CCCC1=NN(C2CCCC2)C(=O)C1. The van der Waals surface area contributed by atoms with Gasteiger partial charge in [0.05, 0.1) is 12.5 Å². The van der Waals surface area contributed by atoms with Crippen molar-refractivity contribution in [3.8, 4) is 0 Å². The third-order valence-corrected chi connectivity index (χ3v) is 3.07. The first-order chi connectivity index (χ1) is 6.81. The van der Waals surface area contributed by atoms with E-state index in [0.29, 0.717) is 12.5 Å². The molecule has 0 bridgehead atoms. The van der Waals surface area contributed by atoms with Crippen molar-refractivity contribution in [3.05, 3.63) is 0 Å². The first-order valence-corrected chi connectivity index (χ1v) is 5.69. The van der Waals surface area contributed by atoms with E-state index >= 15 is 0 Å². The smallest absolute Gasteiger partial charge is 0.248 e. The van der Waals surface area contributed by atoms with E-state index in [2.05, 4.69) is 12.0 Å². The number of carbonyl (C=O) groups excluding carboxylic acids is 1. The number of nitrogens with zero attached hydrogens (tertiary/aromatic N) is 2. The number of amides is 1. The van der Waals surface area contributed by atoms with Gasteiger partial charge >= 0.3 is 0 Å². The van der Waals surface area contributed by atoms with Gasteiger partial charge in [0.25, 0.3) is 0 Å². The molecule has 0 saturated heterocycles. The molecule has 0 N–H and O–H groups in total. The van der Waals surface area contributed by atoms with E-state index in [4.69, 9.17) is 0 Å². The van der Waals surface area contributed by atoms with E-state index in [0.717, 1.165) is 31.4 Å². The van der Waals surface area contributed by atoms with Gasteiger partial charge in [-0.25, -0.2) is 5.01 Å². The quantitative estimate of drug-likeness (QED) is 0.678. The zero-order valence-electron chi connectivity index (χ0n) is 8.83. The summed E-state index contributed by atoms with van der Waals surface area (Å²) in [5.74, 6) is 0.223. The second-order valence-electron chi connectivity index (χ2n) is 4.27. The minimum Gasteiger partial charge on any atom is -0.273 e. The zero-order chi connectivity index (χ0) is 9.97. The van der Waals surface area contributed by atoms with Crippen molar-refractivity contribution in [1.82, 2.24) is 5.01 Å². The lowest BCUT2D eigenvalue weighted by Gasteiger charge is -2.18. The van der Waals surface area contributed by atoms with Crippen molar-refractivity contribution < 1.29 is 4.79 Å². The molecule has 78 valence electrons. The van der Waals surface area contributed by atoms with E-state index in [-0.39, 0.29) is 5.91 Å². The lowest BCUT2D eigenvalue weighted by Crippen LogP contribution is -2.30. The maximum Gasteiger partial charge on any atom is 0.248 e. The van der Waals surface area contributed by atoms with Crippen LogP contribution in [-0.4, -0.2) is 22.7 Å². The molecule has 0 unspecified atom stereocenters. The highest BCUT2D eigenvalue weighted by molar-refractivity contribution is 6.05. The molecule has 0 spiro atoms. The molecule has 0 aromatic heterocycles. The Hall–Kier alpha value is -0.860. The Kier molecular flexibility index (Phi) is 2.85. The molecule has 2 aliphatic rings. The fourth-order valence-electron chi connectivity index (χ4n) is 2.36. The van der Waals surface area contributed by atoms with Crippen LogP contribution in [0.4, 0.5) is 0 Å². The molecule has 0 radical (unpaired) electrons. The van der Waals surface area contributed by atoms with Crippen LogP contribution in [0.2, 0.25) is 0 Å². The van der Waals surface area contributed by atoms with Gasteiger partial charge in [0.1, 0.15) is 0 Å². The van der Waals surface area contributed by atoms with Crippen LogP contribution in [0.1, 0.15) is 51.9 Å². The Labute approximate surface area is 85.2 Å². The molecular weight excluding hydrogens is 176 g/mol. The maximum absolute atomic E-state index is 11.7. The van der Waals surface area contributed by atoms with Gasteiger partial charge in [0.15, 0.2) is 0 Å². The fraction of sp³-hybridized carbons (Fsp3) is 0.818. The highest BCUT2D eigenvalue weighted by atomic mass is 16.2. The Bertz CT molecular complexity index is 254. The van der Waals surface area contributed by atoms with Crippen molar-refractivity contribution in [2.24, 2.45) is 5.10 Å². The van der Waals surface area contributed by atoms with Crippen molar-refractivity contribution in [2.45, 2.75) is 57.9 Å². The Morgan fingerprint density at radius 2 is 2.14 bits per heavy atom. The summed E-state index contributed by atoms with van der Waals surface area (Å²) >= 11 is 0. The van der Waals surface area contributed by atoms with Crippen LogP contribution >= 0.6 is 0 Å². The first kappa shape index (κ1) is 9.69. The molecule has 1 aliphatic heterocycles. The summed E-state index contributed by atoms with van der Waals surface area (Å²) in [5, 5.41) is 6.20. The van der Waals surface area contributed by atoms with Crippen molar-refractivity contribution in [1.29, 1.82) is 0 Å². The van der Waals surface area contributed by atoms with E-state index in [1.165, 1.54) is 12.8 Å². The van der Waals surface area contributed by atoms with Crippen LogP contribution in [0.5, 0.6) is 0 Å². The van der Waals surface area contributed by atoms with Crippen molar-refractivity contribution >= 4 is 11.6 Å². The van der Waals surface area contributed by atoms with Gasteiger partial charge in [-0.1, -0.05) is 26.2 Å². The zero-order valence-corrected chi connectivity index (χ0v) is 8.83. The average Bonchev–Trinajstić information content (AvgIpc) is 2.74. The van der Waals surface area contributed by atoms with Gasteiger partial charge in [0, 0.05) is 5.71 Å². The Morgan fingerprint density at radius 3 is 2.79 bits per heavy atom. The number of hydrogen-bond acceptors (Lipinski definition) is 2. The second kappa shape index (κ2) is 4.11. The molecule has 0 aromatic carbocycles. The van der Waals surface area contributed by atoms with Crippen LogP contribution in [0.15, 0.2) is 5.10 Å². The third-order valence-electron chi connectivity index (χ3n) is 3.07. The van der Waals surface area contributed by atoms with Gasteiger partial charge in [-0.15, -0.1) is 0 Å². The van der Waals surface area contributed by atoms with E-state index < -0.39 is 0 Å². The minimum absolute atomic E-state index is 0.223. The monoisotopic (exact) mass is 194 g/mol. The number of hydrazone groups is 1. The van der Waals surface area contributed by atoms with E-state index in [1.54, 1.807) is 5.01 Å². The minimum atomic E-state index is 0.223. The molecular formula is C11H18N2O. The van der Waals surface area contributed by atoms with E-state index in [9.17, 15) is 4.79 Å². The summed E-state index contributed by atoms with van der Waals surface area (Å²) in [6, 6.07) is 0.414. The largest absolute Gasteiger partial charge is 0.273 e. The predicted molar refractivity (Wildman–Crippen MR) is 56.1 cm³/mol. The summed E-state index contributed by atoms with van der Waals surface area (Å²) in [7, 11) is 0. The molecule has 0 aromatic rings. The molecule has 3 heteroatoms. The molecule has 14 heavy (non-hydrogen) atoms. The van der Waals surface area contributed by atoms with Crippen molar-refractivity contribution in [2.75, 3.05) is 0 Å². The molecule has 1 aliphatic carbocycles. The van der Waals surface area contributed by atoms with Gasteiger partial charge in [0.2, 0.25) is 5.91 Å². The van der Waals surface area contributed by atoms with Gasteiger partial charge < -0.3 is 0 Å². The summed E-state index contributed by atoms with van der Waals surface area (Å²) in [4.78, 5) is 11.7. The highest BCUT2D eigenvalue weighted by Gasteiger charge is 2.31. The second-order valence-corrected chi connectivity index (χ2v) is 4.27. The van der Waals surface area contributed by atoms with Crippen LogP contribution < -0.4 is 0 Å². The molecule has 1 heterocycles. The molecule has 1 amide bonds. The van der Waals surface area contributed by atoms with Crippen LogP contribution in [-0.2, 0) is 4.79 Å². The maximum atomic E-state index is 11.7. The molecule has 1 fully saturated rings. The van der Waals surface area contributed by atoms with Gasteiger partial charge in [-0.05, 0) is 19.3 Å². The molecule has 1 saturated carbocycles. The summed E-state index contributed by atoms with van der Waals surface area (Å²) in [6.07, 6.45) is 7.45. The van der Waals surface area contributed by atoms with E-state index in [1.807, 2.05) is 0 Å². The fourth-order valence-corrected chi connectivity index (χ4v) is 2.36. The summed E-state index contributed by atoms with van der Waals surface area (Å²) < 4.78 is 0. The van der Waals surface area contributed by atoms with Crippen molar-refractivity contribution in [3.63, 3.8) is 0 Å². The summed E-state index contributed by atoms with van der Waals surface area (Å²) in [5.41, 5.74) is 1.09. The summed E-state index contributed by atoms with van der Waals surface area (Å²) in [6.45, 7) is 2.13. The lowest BCUT2D eigenvalue weighted by molar-refractivity contribution is -0.130. The molecule has 3 nitrogen and oxygen atoms in total. The topological polar surface area (TPSA) is 32.7 Å². The Balaban J connectivity index is 2.00. The standard InChI is InChI=1S/C11H18N2O/c1-2-5-9-8-11(14)13(12-9)10-6-3-4-7-10/h10H,2-8H2,1H3. The Morgan fingerprint density at radius 1 is 1.43 bits per heavy atom. The van der Waals surface area contributed by atoms with Crippen LogP contribution in [0.3, 0.4) is 0 Å². The number of carbonyl (C=O) groups is 1. The highest BCUT2D eigenvalue weighted by Crippen LogP contribution is 2.27. The van der Waals surface area contributed by atoms with Gasteiger partial charge in [-0.3, -0.25) is 4.79 Å². The molecule has 0 atom stereocenters. The first-order valence-electron chi connectivity index (χ1n) is 5.69. The lowest BCUT2D eigenvalue weighted by atomic mass is 10.1. The third kappa shape index (κ3) is 1.81. The normalized spacial score (nSPS) is 23.4. The number of hydrogen-bond donors (Lipinski definition) is 0. The van der Waals surface area contributed by atoms with Crippen LogP contribution in [0.25, 0.3) is 0 Å².